The second-order valence-corrected chi connectivity index (χ2v) is 10.5. The molecule has 0 spiro atoms. The molecule has 2 aromatic heterocycles. The highest BCUT2D eigenvalue weighted by Gasteiger charge is 2.66. The maximum atomic E-state index is 14.0. The van der Waals surface area contributed by atoms with Crippen molar-refractivity contribution in [1.29, 1.82) is 0 Å². The molecule has 3 aromatic rings. The molecular weight excluding hydrogens is 550 g/mol. The molecule has 3 aliphatic rings. The molecule has 1 saturated carbocycles. The van der Waals surface area contributed by atoms with Gasteiger partial charge in [-0.05, 0) is 61.6 Å². The first-order chi connectivity index (χ1) is 18.5. The molecule has 7 nitrogen and oxygen atoms in total. The molecule has 1 aliphatic carbocycles. The van der Waals surface area contributed by atoms with Crippen LogP contribution in [-0.2, 0) is 13.1 Å². The lowest BCUT2D eigenvalue weighted by Gasteiger charge is -2.33. The maximum Gasteiger partial charge on any atom is 0.573 e. The first kappa shape index (κ1) is 26.2. The third kappa shape index (κ3) is 4.79. The van der Waals surface area contributed by atoms with E-state index in [1.165, 1.54) is 23.2 Å². The van der Waals surface area contributed by atoms with Gasteiger partial charge in [0.25, 0.3) is 0 Å². The van der Waals surface area contributed by atoms with Crippen molar-refractivity contribution in [3.05, 3.63) is 58.8 Å². The highest BCUT2D eigenvalue weighted by molar-refractivity contribution is 6.30. The normalized spacial score (nSPS) is 19.8. The number of alkyl halides is 6. The molecule has 0 atom stereocenters. The van der Waals surface area contributed by atoms with Crippen molar-refractivity contribution in [2.24, 2.45) is 0 Å². The van der Waals surface area contributed by atoms with Gasteiger partial charge in [0.1, 0.15) is 11.4 Å². The molecule has 2 fully saturated rings. The number of hydrogen-bond acceptors (Lipinski definition) is 6. The van der Waals surface area contributed by atoms with Gasteiger partial charge >= 0.3 is 12.5 Å². The number of fused-ring (bicyclic) bond motifs is 3. The minimum Gasteiger partial charge on any atom is -0.402 e. The first-order valence-corrected chi connectivity index (χ1v) is 12.8. The topological polar surface area (TPSA) is 59.3 Å². The van der Waals surface area contributed by atoms with E-state index in [0.717, 1.165) is 0 Å². The number of nitrogens with zero attached hydrogens (tertiary/aromatic N) is 6. The zero-order chi connectivity index (χ0) is 27.6. The molecule has 208 valence electrons. The third-order valence-electron chi connectivity index (χ3n) is 7.72. The van der Waals surface area contributed by atoms with E-state index in [2.05, 4.69) is 19.9 Å². The van der Waals surface area contributed by atoms with E-state index < -0.39 is 18.1 Å². The van der Waals surface area contributed by atoms with Crippen LogP contribution >= 0.6 is 11.6 Å². The van der Waals surface area contributed by atoms with Crippen LogP contribution in [0.5, 0.6) is 5.75 Å². The van der Waals surface area contributed by atoms with Crippen LogP contribution in [0.15, 0.2) is 36.5 Å². The smallest absolute Gasteiger partial charge is 0.402 e. The summed E-state index contributed by atoms with van der Waals surface area (Å²) in [7, 11) is 0. The van der Waals surface area contributed by atoms with E-state index in [4.69, 9.17) is 11.6 Å². The summed E-state index contributed by atoms with van der Waals surface area (Å²) in [5, 5.41) is 9.15. The number of hydrogen-bond donors (Lipinski definition) is 0. The van der Waals surface area contributed by atoms with Gasteiger partial charge in [0.05, 0.1) is 12.2 Å². The van der Waals surface area contributed by atoms with Gasteiger partial charge in [0.2, 0.25) is 0 Å². The highest BCUT2D eigenvalue weighted by Crippen LogP contribution is 2.55. The first-order valence-electron chi connectivity index (χ1n) is 12.5. The standard InChI is InChI=1S/C25H23ClF6N6O/c26-17-3-4-18-16(12-17)13-37(23(7-8-23)24(27,28)29)14-20-34-35-21(38(18)20)15-5-10-36(11-6-15)22-19(2-1-9-33-22)39-25(30,31)32/h1-4,9,12,15H,5-8,10-11,13-14H2. The molecule has 0 amide bonds. The summed E-state index contributed by atoms with van der Waals surface area (Å²) in [6.07, 6.45) is -6.71. The van der Waals surface area contributed by atoms with Crippen LogP contribution in [0.2, 0.25) is 5.02 Å². The summed E-state index contributed by atoms with van der Waals surface area (Å²) in [5.41, 5.74) is -0.557. The fourth-order valence-corrected chi connectivity index (χ4v) is 5.86. The predicted molar refractivity (Wildman–Crippen MR) is 129 cm³/mol. The average molecular weight is 573 g/mol. The molecule has 39 heavy (non-hydrogen) atoms. The van der Waals surface area contributed by atoms with Gasteiger partial charge in [-0.15, -0.1) is 23.4 Å². The van der Waals surface area contributed by atoms with Gasteiger partial charge in [-0.25, -0.2) is 4.98 Å². The number of aromatic nitrogens is 4. The zero-order valence-electron chi connectivity index (χ0n) is 20.4. The fourth-order valence-electron chi connectivity index (χ4n) is 5.66. The van der Waals surface area contributed by atoms with Crippen LogP contribution in [-0.4, -0.2) is 55.8 Å². The number of rotatable bonds is 4. The molecule has 0 N–H and O–H groups in total. The molecule has 2 aliphatic heterocycles. The van der Waals surface area contributed by atoms with Crippen LogP contribution in [0.25, 0.3) is 5.69 Å². The molecule has 0 unspecified atom stereocenters. The molecule has 4 heterocycles. The predicted octanol–water partition coefficient (Wildman–Crippen LogP) is 6.01. The minimum atomic E-state index is -4.84. The maximum absolute atomic E-state index is 14.0. The molecule has 6 rings (SSSR count). The summed E-state index contributed by atoms with van der Waals surface area (Å²) in [6, 6.07) is 7.74. The average Bonchev–Trinajstić information content (AvgIpc) is 3.62. The Morgan fingerprint density at radius 2 is 1.72 bits per heavy atom. The van der Waals surface area contributed by atoms with Gasteiger partial charge in [0, 0.05) is 36.8 Å². The Labute approximate surface area is 224 Å². The van der Waals surface area contributed by atoms with Crippen LogP contribution in [0.3, 0.4) is 0 Å². The van der Waals surface area contributed by atoms with E-state index in [0.29, 0.717) is 53.9 Å². The van der Waals surface area contributed by atoms with Crippen molar-refractivity contribution >= 4 is 17.4 Å². The fraction of sp³-hybridized carbons (Fsp3) is 0.480. The quantitative estimate of drug-likeness (QED) is 0.357. The third-order valence-corrected chi connectivity index (χ3v) is 7.96. The van der Waals surface area contributed by atoms with E-state index in [1.54, 1.807) is 23.1 Å². The van der Waals surface area contributed by atoms with Crippen molar-refractivity contribution in [3.63, 3.8) is 0 Å². The summed E-state index contributed by atoms with van der Waals surface area (Å²) in [6.45, 7) is 0.811. The molecule has 14 heteroatoms. The number of anilines is 1. The number of benzene rings is 1. The summed E-state index contributed by atoms with van der Waals surface area (Å²) in [5.74, 6) is 0.635. The monoisotopic (exact) mass is 572 g/mol. The molecule has 1 aromatic carbocycles. The van der Waals surface area contributed by atoms with Crippen LogP contribution < -0.4 is 9.64 Å². The highest BCUT2D eigenvalue weighted by atomic mass is 35.5. The van der Waals surface area contributed by atoms with Crippen LogP contribution in [0.1, 0.15) is 48.8 Å². The van der Waals surface area contributed by atoms with Crippen LogP contribution in [0, 0.1) is 0 Å². The second-order valence-electron chi connectivity index (χ2n) is 10.1. The van der Waals surface area contributed by atoms with E-state index in [1.807, 2.05) is 4.57 Å². The minimum absolute atomic E-state index is 0.0241. The molecule has 0 bridgehead atoms. The van der Waals surface area contributed by atoms with Gasteiger partial charge in [-0.2, -0.15) is 13.2 Å². The Morgan fingerprint density at radius 1 is 0.974 bits per heavy atom. The zero-order valence-corrected chi connectivity index (χ0v) is 21.2. The number of halogens is 7. The van der Waals surface area contributed by atoms with E-state index in [9.17, 15) is 26.3 Å². The molecular formula is C25H23ClF6N6O. The van der Waals surface area contributed by atoms with Gasteiger partial charge < -0.3 is 9.64 Å². The number of piperidine rings is 1. The van der Waals surface area contributed by atoms with Gasteiger partial charge in [-0.1, -0.05) is 11.6 Å². The Morgan fingerprint density at radius 3 is 2.38 bits per heavy atom. The van der Waals surface area contributed by atoms with Crippen LogP contribution in [0.4, 0.5) is 32.2 Å². The Bertz CT molecular complexity index is 1380. The van der Waals surface area contributed by atoms with Gasteiger partial charge in [0.15, 0.2) is 17.4 Å². The van der Waals surface area contributed by atoms with Crippen molar-refractivity contribution in [2.75, 3.05) is 18.0 Å². The van der Waals surface area contributed by atoms with E-state index in [-0.39, 0.29) is 43.4 Å². The number of ether oxygens (including phenoxy) is 1. The largest absolute Gasteiger partial charge is 0.573 e. The lowest BCUT2D eigenvalue weighted by molar-refractivity contribution is -0.274. The van der Waals surface area contributed by atoms with Gasteiger partial charge in [-0.3, -0.25) is 9.47 Å². The van der Waals surface area contributed by atoms with E-state index >= 15 is 0 Å². The number of pyridine rings is 1. The second kappa shape index (κ2) is 9.26. The molecule has 0 radical (unpaired) electrons. The molecule has 1 saturated heterocycles. The Hall–Kier alpha value is -3.06. The summed E-state index contributed by atoms with van der Waals surface area (Å²) >= 11 is 6.24. The lowest BCUT2D eigenvalue weighted by atomic mass is 9.95. The van der Waals surface area contributed by atoms with Crippen molar-refractivity contribution < 1.29 is 31.1 Å². The van der Waals surface area contributed by atoms with Crippen molar-refractivity contribution in [3.8, 4) is 11.4 Å². The summed E-state index contributed by atoms with van der Waals surface area (Å²) < 4.78 is 86.8. The van der Waals surface area contributed by atoms with Crippen molar-refractivity contribution in [2.45, 2.75) is 62.8 Å². The summed E-state index contributed by atoms with van der Waals surface area (Å²) in [4.78, 5) is 7.26. The van der Waals surface area contributed by atoms with Crippen molar-refractivity contribution in [1.82, 2.24) is 24.6 Å². The lowest BCUT2D eigenvalue weighted by Crippen LogP contribution is -2.47. The Kier molecular flexibility index (Phi) is 6.21. The SMILES string of the molecule is FC(F)(F)Oc1cccnc1N1CCC(c2nnc3n2-c2ccc(Cl)cc2CN(C2(C(F)(F)F)CC2)C3)CC1. The Balaban J connectivity index is 1.29.